The van der Waals surface area contributed by atoms with Gasteiger partial charge in [0.2, 0.25) is 5.91 Å². The molecule has 5 heteroatoms. The molecule has 4 fully saturated rings. The summed E-state index contributed by atoms with van der Waals surface area (Å²) in [6.45, 7) is 6.82. The quantitative estimate of drug-likeness (QED) is 0.575. The molecule has 4 aliphatic carbocycles. The summed E-state index contributed by atoms with van der Waals surface area (Å²) in [6, 6.07) is 0. The van der Waals surface area contributed by atoms with Crippen LogP contribution in [0.15, 0.2) is 0 Å². The number of aliphatic hydroxyl groups is 3. The lowest BCUT2D eigenvalue weighted by atomic mass is 9.43. The van der Waals surface area contributed by atoms with Gasteiger partial charge in [-0.05, 0) is 97.7 Å². The molecule has 0 aromatic carbocycles. The maximum atomic E-state index is 11.5. The Morgan fingerprint density at radius 1 is 1.07 bits per heavy atom. The van der Waals surface area contributed by atoms with Gasteiger partial charge in [0.1, 0.15) is 0 Å². The third-order valence-corrected chi connectivity index (χ3v) is 10.4. The van der Waals surface area contributed by atoms with Crippen LogP contribution in [0.25, 0.3) is 0 Å². The maximum Gasteiger partial charge on any atom is 0.217 e. The van der Waals surface area contributed by atoms with Gasteiger partial charge in [0.25, 0.3) is 0 Å². The Morgan fingerprint density at radius 2 is 1.79 bits per heavy atom. The van der Waals surface area contributed by atoms with Gasteiger partial charge in [-0.2, -0.15) is 0 Å². The molecule has 4 rings (SSSR count). The maximum absolute atomic E-state index is 11.5. The van der Waals surface area contributed by atoms with E-state index < -0.39 is 0 Å². The Bertz CT molecular complexity index is 640. The molecule has 0 aromatic heterocycles. The van der Waals surface area contributed by atoms with Crippen LogP contribution in [0.3, 0.4) is 0 Å². The van der Waals surface area contributed by atoms with E-state index in [1.165, 1.54) is 0 Å². The predicted octanol–water partition coefficient (Wildman–Crippen LogP) is 2.85. The molecule has 1 unspecified atom stereocenters. The second kappa shape index (κ2) is 7.49. The number of aliphatic hydroxyl groups excluding tert-OH is 3. The molecule has 0 bridgehead atoms. The second-order valence-electron chi connectivity index (χ2n) is 11.5. The molecule has 5 nitrogen and oxygen atoms in total. The minimum Gasteiger partial charge on any atom is -0.393 e. The Morgan fingerprint density at radius 3 is 2.48 bits per heavy atom. The zero-order valence-electron chi connectivity index (χ0n) is 18.4. The molecule has 11 atom stereocenters. The molecule has 0 aromatic rings. The average Bonchev–Trinajstić information content (AvgIpc) is 3.01. The predicted molar refractivity (Wildman–Crippen MR) is 112 cm³/mol. The number of amides is 1. The van der Waals surface area contributed by atoms with Gasteiger partial charge in [-0.15, -0.1) is 0 Å². The van der Waals surface area contributed by atoms with E-state index >= 15 is 0 Å². The van der Waals surface area contributed by atoms with Crippen LogP contribution in [-0.2, 0) is 4.79 Å². The topological polar surface area (TPSA) is 104 Å². The summed E-state index contributed by atoms with van der Waals surface area (Å²) in [5.41, 5.74) is 5.30. The van der Waals surface area contributed by atoms with Crippen LogP contribution in [0.4, 0.5) is 0 Å². The molecular weight excluding hydrogens is 366 g/mol. The van der Waals surface area contributed by atoms with Crippen LogP contribution < -0.4 is 5.73 Å². The van der Waals surface area contributed by atoms with Crippen LogP contribution >= 0.6 is 0 Å². The number of carbonyl (C=O) groups is 1. The summed E-state index contributed by atoms with van der Waals surface area (Å²) in [5.74, 6) is 1.72. The van der Waals surface area contributed by atoms with Gasteiger partial charge in [0.05, 0.1) is 18.3 Å². The zero-order chi connectivity index (χ0) is 21.1. The first kappa shape index (κ1) is 21.6. The van der Waals surface area contributed by atoms with E-state index in [0.717, 1.165) is 51.4 Å². The first-order valence-electron chi connectivity index (χ1n) is 11.9. The van der Waals surface area contributed by atoms with Crippen molar-refractivity contribution in [2.75, 3.05) is 0 Å². The molecule has 166 valence electrons. The minimum atomic E-state index is -0.369. The van der Waals surface area contributed by atoms with Crippen molar-refractivity contribution in [1.29, 1.82) is 0 Å². The van der Waals surface area contributed by atoms with E-state index in [1.807, 2.05) is 0 Å². The number of nitrogens with two attached hydrogens (primary N) is 1. The van der Waals surface area contributed by atoms with Gasteiger partial charge in [0.15, 0.2) is 0 Å². The van der Waals surface area contributed by atoms with Crippen molar-refractivity contribution in [3.63, 3.8) is 0 Å². The second-order valence-corrected chi connectivity index (χ2v) is 11.5. The number of carbonyl (C=O) groups excluding carboxylic acids is 1. The minimum absolute atomic E-state index is 0.112. The third kappa shape index (κ3) is 3.27. The van der Waals surface area contributed by atoms with Crippen LogP contribution in [0, 0.1) is 46.3 Å². The van der Waals surface area contributed by atoms with Gasteiger partial charge in [0, 0.05) is 6.42 Å². The average molecular weight is 408 g/mol. The van der Waals surface area contributed by atoms with Gasteiger partial charge < -0.3 is 21.1 Å². The van der Waals surface area contributed by atoms with E-state index in [0.29, 0.717) is 36.0 Å². The monoisotopic (exact) mass is 407 g/mol. The number of fused-ring (bicyclic) bond motifs is 5. The van der Waals surface area contributed by atoms with Crippen LogP contribution in [0.1, 0.15) is 78.6 Å². The largest absolute Gasteiger partial charge is 0.393 e. The van der Waals surface area contributed by atoms with Gasteiger partial charge >= 0.3 is 0 Å². The number of hydrogen-bond acceptors (Lipinski definition) is 4. The number of hydrogen-bond donors (Lipinski definition) is 4. The van der Waals surface area contributed by atoms with Crippen molar-refractivity contribution in [2.45, 2.75) is 96.9 Å². The molecule has 0 saturated heterocycles. The zero-order valence-corrected chi connectivity index (χ0v) is 18.4. The Balaban J connectivity index is 1.61. The summed E-state index contributed by atoms with van der Waals surface area (Å²) in [4.78, 5) is 11.3. The summed E-state index contributed by atoms with van der Waals surface area (Å²) in [7, 11) is 0. The lowest BCUT2D eigenvalue weighted by molar-refractivity contribution is -0.207. The first-order valence-corrected chi connectivity index (χ1v) is 11.9. The third-order valence-electron chi connectivity index (χ3n) is 10.4. The molecule has 0 heterocycles. The van der Waals surface area contributed by atoms with E-state index in [4.69, 9.17) is 5.73 Å². The van der Waals surface area contributed by atoms with Crippen molar-refractivity contribution in [1.82, 2.24) is 0 Å². The molecule has 4 saturated carbocycles. The summed E-state index contributed by atoms with van der Waals surface area (Å²) < 4.78 is 0. The fraction of sp³-hybridized carbons (Fsp3) is 0.958. The molecule has 5 N–H and O–H groups in total. The highest BCUT2D eigenvalue weighted by molar-refractivity contribution is 5.73. The molecule has 1 amide bonds. The van der Waals surface area contributed by atoms with E-state index in [9.17, 15) is 20.1 Å². The van der Waals surface area contributed by atoms with Gasteiger partial charge in [-0.3, -0.25) is 4.79 Å². The summed E-state index contributed by atoms with van der Waals surface area (Å²) in [6.07, 6.45) is 6.56. The smallest absolute Gasteiger partial charge is 0.217 e. The molecule has 0 spiro atoms. The van der Waals surface area contributed by atoms with Gasteiger partial charge in [-0.1, -0.05) is 20.8 Å². The van der Waals surface area contributed by atoms with Crippen LogP contribution in [-0.4, -0.2) is 39.5 Å². The number of rotatable bonds is 4. The molecule has 4 aliphatic rings. The highest BCUT2D eigenvalue weighted by atomic mass is 16.3. The van der Waals surface area contributed by atoms with Crippen LogP contribution in [0.5, 0.6) is 0 Å². The SMILES string of the molecule is C[C@H](CCC(N)=O)C1CC[C@H]2[C@@H]3[C@H](O)C[C@@H]4C[C@H](O)CC[C@]4(C)[C@H]3C[C@H](O)[C@]12C. The summed E-state index contributed by atoms with van der Waals surface area (Å²) in [5, 5.41) is 33.0. The molecular formula is C24H41NO4. The lowest BCUT2D eigenvalue weighted by Gasteiger charge is -2.63. The first-order chi connectivity index (χ1) is 13.6. The molecule has 0 radical (unpaired) electrons. The van der Waals surface area contributed by atoms with Crippen LogP contribution in [0.2, 0.25) is 0 Å². The van der Waals surface area contributed by atoms with Crippen molar-refractivity contribution in [3.05, 3.63) is 0 Å². The fourth-order valence-corrected chi connectivity index (χ4v) is 8.70. The molecule has 0 aliphatic heterocycles. The van der Waals surface area contributed by atoms with Crippen molar-refractivity contribution in [2.24, 2.45) is 52.1 Å². The highest BCUT2D eigenvalue weighted by Gasteiger charge is 2.65. The van der Waals surface area contributed by atoms with Crippen molar-refractivity contribution >= 4 is 5.91 Å². The Hall–Kier alpha value is -0.650. The Kier molecular flexibility index (Phi) is 5.57. The summed E-state index contributed by atoms with van der Waals surface area (Å²) >= 11 is 0. The Labute approximate surface area is 175 Å². The lowest BCUT2D eigenvalue weighted by Crippen LogP contribution is -2.62. The van der Waals surface area contributed by atoms with E-state index in [2.05, 4.69) is 20.8 Å². The molecule has 29 heavy (non-hydrogen) atoms. The van der Waals surface area contributed by atoms with Crippen molar-refractivity contribution in [3.8, 4) is 0 Å². The highest BCUT2D eigenvalue weighted by Crippen LogP contribution is 2.68. The van der Waals surface area contributed by atoms with Crippen molar-refractivity contribution < 1.29 is 20.1 Å². The number of primary amides is 1. The normalized spacial score (nSPS) is 52.9. The fourth-order valence-electron chi connectivity index (χ4n) is 8.70. The van der Waals surface area contributed by atoms with Gasteiger partial charge in [-0.25, -0.2) is 0 Å². The van der Waals surface area contributed by atoms with E-state index in [1.54, 1.807) is 0 Å². The van der Waals surface area contributed by atoms with E-state index in [-0.39, 0.29) is 41.0 Å². The standard InChI is InChI=1S/C24H41NO4/c1-13(4-7-21(25)29)16-5-6-17-22-18(12-20(28)24(16,17)3)23(2)9-8-15(26)10-14(23)11-19(22)27/h13-20,22,26-28H,4-12H2,1-3H3,(H2,25,29)/t13-,14+,15-,16?,17+,18+,19-,20+,22+,23+,24-/m1/s1.